The van der Waals surface area contributed by atoms with E-state index in [0.717, 1.165) is 38.5 Å². The highest BCUT2D eigenvalue weighted by atomic mass is 35.5. The highest BCUT2D eigenvalue weighted by Gasteiger charge is 2.61. The summed E-state index contributed by atoms with van der Waals surface area (Å²) in [6, 6.07) is 0. The lowest BCUT2D eigenvalue weighted by Gasteiger charge is -2.62. The van der Waals surface area contributed by atoms with Crippen LogP contribution in [0.25, 0.3) is 0 Å². The van der Waals surface area contributed by atoms with Crippen LogP contribution in [-0.2, 0) is 4.79 Å². The van der Waals surface area contributed by atoms with Gasteiger partial charge in [0.25, 0.3) is 0 Å². The molecule has 0 bridgehead atoms. The summed E-state index contributed by atoms with van der Waals surface area (Å²) < 4.78 is 0. The second kappa shape index (κ2) is 5.96. The average molecular weight is 363 g/mol. The van der Waals surface area contributed by atoms with E-state index in [0.29, 0.717) is 46.8 Å². The molecule has 2 nitrogen and oxygen atoms in total. The van der Waals surface area contributed by atoms with Gasteiger partial charge in [-0.25, -0.2) is 0 Å². The van der Waals surface area contributed by atoms with Crippen molar-refractivity contribution in [3.05, 3.63) is 22.8 Å². The summed E-state index contributed by atoms with van der Waals surface area (Å²) in [5, 5.41) is 12.2. The van der Waals surface area contributed by atoms with Crippen molar-refractivity contribution in [3.63, 3.8) is 0 Å². The minimum Gasteiger partial charge on any atom is -0.384 e. The fraction of sp³-hybridized carbons (Fsp3) is 0.773. The molecule has 4 aliphatic carbocycles. The van der Waals surface area contributed by atoms with Crippen molar-refractivity contribution in [1.29, 1.82) is 0 Å². The van der Waals surface area contributed by atoms with Gasteiger partial charge in [-0.05, 0) is 74.2 Å². The summed E-state index contributed by atoms with van der Waals surface area (Å²) in [4.78, 5) is 11.9. The fourth-order valence-electron chi connectivity index (χ4n) is 7.11. The van der Waals surface area contributed by atoms with Crippen molar-refractivity contribution in [3.8, 4) is 0 Å². The maximum Gasteiger partial charge on any atom is 0.155 e. The average Bonchev–Trinajstić information content (AvgIpc) is 2.58. The highest BCUT2D eigenvalue weighted by Crippen LogP contribution is 2.65. The highest BCUT2D eigenvalue weighted by molar-refractivity contribution is 6.30. The molecule has 0 unspecified atom stereocenters. The molecule has 7 atom stereocenters. The maximum absolute atomic E-state index is 11.9. The van der Waals surface area contributed by atoms with E-state index >= 15 is 0 Å². The molecular weight excluding hydrogens is 332 g/mol. The second-order valence-corrected chi connectivity index (χ2v) is 9.72. The monoisotopic (exact) mass is 362 g/mol. The van der Waals surface area contributed by atoms with Gasteiger partial charge in [-0.1, -0.05) is 44.0 Å². The number of ketones is 1. The van der Waals surface area contributed by atoms with Gasteiger partial charge in [0.2, 0.25) is 0 Å². The summed E-state index contributed by atoms with van der Waals surface area (Å²) >= 11 is 6.54. The maximum atomic E-state index is 11.9. The molecule has 2 saturated carbocycles. The van der Waals surface area contributed by atoms with Crippen LogP contribution in [0.4, 0.5) is 0 Å². The largest absolute Gasteiger partial charge is 0.384 e. The molecule has 0 spiro atoms. The molecule has 25 heavy (non-hydrogen) atoms. The minimum atomic E-state index is -0.874. The van der Waals surface area contributed by atoms with Crippen LogP contribution in [0.5, 0.6) is 0 Å². The molecule has 4 aliphatic rings. The van der Waals surface area contributed by atoms with Crippen molar-refractivity contribution in [2.45, 2.75) is 71.3 Å². The van der Waals surface area contributed by atoms with E-state index < -0.39 is 5.60 Å². The summed E-state index contributed by atoms with van der Waals surface area (Å²) in [7, 11) is 0. The number of carbonyl (C=O) groups excluding carboxylic acids is 1. The molecule has 0 radical (unpaired) electrons. The summed E-state index contributed by atoms with van der Waals surface area (Å²) in [6.45, 7) is 6.72. The lowest BCUT2D eigenvalue weighted by Crippen LogP contribution is -2.60. The van der Waals surface area contributed by atoms with Crippen molar-refractivity contribution >= 4 is 17.4 Å². The van der Waals surface area contributed by atoms with E-state index in [-0.39, 0.29) is 5.41 Å². The van der Waals surface area contributed by atoms with Crippen LogP contribution in [-0.4, -0.2) is 16.5 Å². The fourth-order valence-corrected chi connectivity index (χ4v) is 7.55. The quantitative estimate of drug-likeness (QED) is 0.691. The minimum absolute atomic E-state index is 0.130. The third-order valence-corrected chi connectivity index (χ3v) is 8.90. The molecular formula is C22H31ClO2. The Bertz CT molecular complexity index is 650. The zero-order valence-corrected chi connectivity index (χ0v) is 16.5. The van der Waals surface area contributed by atoms with Gasteiger partial charge in [0, 0.05) is 16.9 Å². The van der Waals surface area contributed by atoms with E-state index in [1.54, 1.807) is 0 Å². The number of aliphatic hydroxyl groups is 1. The lowest BCUT2D eigenvalue weighted by molar-refractivity contribution is -0.152. The van der Waals surface area contributed by atoms with Gasteiger partial charge < -0.3 is 5.11 Å². The normalized spacial score (nSPS) is 49.5. The summed E-state index contributed by atoms with van der Waals surface area (Å²) in [6.07, 6.45) is 10.8. The Labute approximate surface area is 156 Å². The Morgan fingerprint density at radius 2 is 2.12 bits per heavy atom. The zero-order chi connectivity index (χ0) is 18.0. The summed E-state index contributed by atoms with van der Waals surface area (Å²) in [5.41, 5.74) is 0.416. The molecule has 0 aromatic rings. The molecule has 0 aliphatic heterocycles. The van der Waals surface area contributed by atoms with Crippen LogP contribution >= 0.6 is 11.6 Å². The molecule has 0 heterocycles. The number of halogens is 1. The van der Waals surface area contributed by atoms with E-state index in [1.165, 1.54) is 5.57 Å². The molecule has 3 heteroatoms. The van der Waals surface area contributed by atoms with E-state index in [2.05, 4.69) is 26.8 Å². The number of carbonyl (C=O) groups is 1. The van der Waals surface area contributed by atoms with Gasteiger partial charge >= 0.3 is 0 Å². The van der Waals surface area contributed by atoms with Gasteiger partial charge in [0.15, 0.2) is 5.78 Å². The topological polar surface area (TPSA) is 37.3 Å². The molecule has 2 fully saturated rings. The zero-order valence-electron chi connectivity index (χ0n) is 15.7. The van der Waals surface area contributed by atoms with Gasteiger partial charge in [-0.3, -0.25) is 4.79 Å². The van der Waals surface area contributed by atoms with Gasteiger partial charge in [0.1, 0.15) is 5.60 Å². The first-order valence-corrected chi connectivity index (χ1v) is 10.5. The SMILES string of the molecule is CC[C@]1(O)C(Cl)=CC[C@H]2[C@H]3[C@H](CC[C@@]21C)[C@H]1CCC(=O)C=C1C[C@H]3C. The molecule has 0 aromatic carbocycles. The molecule has 0 aromatic heterocycles. The number of rotatable bonds is 1. The van der Waals surface area contributed by atoms with Crippen LogP contribution in [0.3, 0.4) is 0 Å². The smallest absolute Gasteiger partial charge is 0.155 e. The lowest BCUT2D eigenvalue weighted by atomic mass is 9.44. The Kier molecular flexibility index (Phi) is 4.24. The Hall–Kier alpha value is -0.600. The second-order valence-electron chi connectivity index (χ2n) is 9.32. The van der Waals surface area contributed by atoms with Crippen molar-refractivity contribution in [2.24, 2.45) is 35.0 Å². The van der Waals surface area contributed by atoms with Crippen LogP contribution in [0.2, 0.25) is 0 Å². The molecule has 1 N–H and O–H groups in total. The van der Waals surface area contributed by atoms with Crippen LogP contribution < -0.4 is 0 Å². The first kappa shape index (κ1) is 17.8. The number of allylic oxidation sites excluding steroid dienone is 3. The van der Waals surface area contributed by atoms with Crippen molar-refractivity contribution < 1.29 is 9.90 Å². The van der Waals surface area contributed by atoms with Crippen LogP contribution in [0.1, 0.15) is 65.7 Å². The molecule has 4 rings (SSSR count). The standard InChI is InChI=1S/C22H31ClO2/c1-4-22(25)19(23)8-7-18-20-13(2)11-14-12-15(24)5-6-16(14)17(20)9-10-21(18,22)3/h8,12-13,16-18,20,25H,4-7,9-11H2,1-3H3/t13-,16+,17-,18+,20-,21+,22+/m1/s1. The van der Waals surface area contributed by atoms with Crippen molar-refractivity contribution in [2.75, 3.05) is 0 Å². The predicted molar refractivity (Wildman–Crippen MR) is 101 cm³/mol. The van der Waals surface area contributed by atoms with E-state index in [1.807, 2.05) is 6.08 Å². The van der Waals surface area contributed by atoms with Crippen LogP contribution in [0, 0.1) is 35.0 Å². The summed E-state index contributed by atoms with van der Waals surface area (Å²) in [5.74, 6) is 3.30. The third-order valence-electron chi connectivity index (χ3n) is 8.43. The van der Waals surface area contributed by atoms with E-state index in [4.69, 9.17) is 11.6 Å². The number of fused-ring (bicyclic) bond motifs is 5. The Balaban J connectivity index is 1.73. The molecule has 0 saturated heterocycles. The van der Waals surface area contributed by atoms with Gasteiger partial charge in [-0.2, -0.15) is 0 Å². The number of hydrogen-bond acceptors (Lipinski definition) is 2. The Morgan fingerprint density at radius 1 is 1.36 bits per heavy atom. The van der Waals surface area contributed by atoms with E-state index in [9.17, 15) is 9.90 Å². The first-order valence-electron chi connectivity index (χ1n) is 10.1. The number of hydrogen-bond donors (Lipinski definition) is 1. The van der Waals surface area contributed by atoms with Gasteiger partial charge in [-0.15, -0.1) is 0 Å². The van der Waals surface area contributed by atoms with Gasteiger partial charge in [0.05, 0.1) is 0 Å². The third kappa shape index (κ3) is 2.36. The van der Waals surface area contributed by atoms with Crippen molar-refractivity contribution in [1.82, 2.24) is 0 Å². The first-order chi connectivity index (χ1) is 11.8. The molecule has 0 amide bonds. The Morgan fingerprint density at radius 3 is 2.84 bits per heavy atom. The predicted octanol–water partition coefficient (Wildman–Crippen LogP) is 5.25. The molecule has 138 valence electrons. The van der Waals surface area contributed by atoms with Crippen LogP contribution in [0.15, 0.2) is 22.8 Å².